The molecule has 6 nitrogen and oxygen atoms in total. The number of fused-ring (bicyclic) bond motifs is 1. The largest absolute Gasteiger partial charge is 0.378 e. The molecule has 1 aromatic heterocycles. The molecule has 27 heavy (non-hydrogen) atoms. The molecular weight excluding hydrogens is 338 g/mol. The highest BCUT2D eigenvalue weighted by atomic mass is 16.5. The summed E-state index contributed by atoms with van der Waals surface area (Å²) in [5.74, 6) is 0.955. The zero-order valence-corrected chi connectivity index (χ0v) is 15.3. The molecule has 3 aliphatic rings. The van der Waals surface area contributed by atoms with E-state index < -0.39 is 0 Å². The van der Waals surface area contributed by atoms with Gasteiger partial charge in [0.2, 0.25) is 0 Å². The fourth-order valence-corrected chi connectivity index (χ4v) is 3.93. The highest BCUT2D eigenvalue weighted by Crippen LogP contribution is 2.28. The van der Waals surface area contributed by atoms with Gasteiger partial charge < -0.3 is 15.0 Å². The van der Waals surface area contributed by atoms with Crippen molar-refractivity contribution in [1.82, 2.24) is 15.3 Å². The third-order valence-electron chi connectivity index (χ3n) is 5.44. The molecule has 1 N–H and O–H groups in total. The van der Waals surface area contributed by atoms with Crippen molar-refractivity contribution in [1.29, 1.82) is 0 Å². The third-order valence-corrected chi connectivity index (χ3v) is 5.44. The summed E-state index contributed by atoms with van der Waals surface area (Å²) < 4.78 is 5.45. The van der Waals surface area contributed by atoms with Crippen LogP contribution < -0.4 is 10.2 Å². The summed E-state index contributed by atoms with van der Waals surface area (Å²) in [5.41, 5.74) is 7.08. The number of morpholine rings is 1. The van der Waals surface area contributed by atoms with Gasteiger partial charge in [-0.2, -0.15) is 0 Å². The molecule has 4 heterocycles. The van der Waals surface area contributed by atoms with Gasteiger partial charge in [0.1, 0.15) is 12.1 Å². The van der Waals surface area contributed by atoms with E-state index in [-0.39, 0.29) is 0 Å². The van der Waals surface area contributed by atoms with E-state index in [1.165, 1.54) is 22.3 Å². The molecule has 0 bridgehead atoms. The minimum atomic E-state index is 0.725. The fourth-order valence-electron chi connectivity index (χ4n) is 3.93. The fraction of sp³-hybridized carbons (Fsp3) is 0.381. The first-order valence-electron chi connectivity index (χ1n) is 9.61. The summed E-state index contributed by atoms with van der Waals surface area (Å²) in [6, 6.07) is 8.80. The molecule has 1 fully saturated rings. The van der Waals surface area contributed by atoms with Gasteiger partial charge in [-0.25, -0.2) is 9.97 Å². The summed E-state index contributed by atoms with van der Waals surface area (Å²) in [6.07, 6.45) is 5.01. The zero-order chi connectivity index (χ0) is 18.1. The Balaban J connectivity index is 1.47. The smallest absolute Gasteiger partial charge is 0.132 e. The quantitative estimate of drug-likeness (QED) is 0.906. The Labute approximate surface area is 159 Å². The van der Waals surface area contributed by atoms with E-state index in [1.807, 2.05) is 0 Å². The van der Waals surface area contributed by atoms with E-state index in [2.05, 4.69) is 50.5 Å². The van der Waals surface area contributed by atoms with E-state index in [0.717, 1.165) is 69.6 Å². The number of anilines is 1. The Morgan fingerprint density at radius 2 is 2.00 bits per heavy atom. The number of aromatic nitrogens is 2. The van der Waals surface area contributed by atoms with Crippen LogP contribution in [0.15, 0.2) is 41.7 Å². The lowest BCUT2D eigenvalue weighted by Gasteiger charge is -2.27. The number of hydrogen-bond donors (Lipinski definition) is 1. The van der Waals surface area contributed by atoms with Crippen molar-refractivity contribution < 1.29 is 4.74 Å². The number of ether oxygens (including phenoxy) is 1. The Kier molecular flexibility index (Phi) is 4.43. The van der Waals surface area contributed by atoms with Crippen LogP contribution in [0.4, 0.5) is 5.82 Å². The lowest BCUT2D eigenvalue weighted by molar-refractivity contribution is 0.122. The second-order valence-electron chi connectivity index (χ2n) is 7.08. The Hall–Kier alpha value is -2.57. The van der Waals surface area contributed by atoms with Crippen molar-refractivity contribution >= 4 is 17.1 Å². The van der Waals surface area contributed by atoms with Gasteiger partial charge in [-0.3, -0.25) is 4.99 Å². The van der Waals surface area contributed by atoms with Crippen molar-refractivity contribution in [3.8, 4) is 0 Å². The van der Waals surface area contributed by atoms with E-state index >= 15 is 0 Å². The van der Waals surface area contributed by atoms with Crippen LogP contribution >= 0.6 is 0 Å². The molecule has 0 radical (unpaired) electrons. The van der Waals surface area contributed by atoms with Crippen molar-refractivity contribution in [3.05, 3.63) is 59.1 Å². The molecule has 6 heteroatoms. The molecule has 5 rings (SSSR count). The average molecular weight is 361 g/mol. The van der Waals surface area contributed by atoms with Gasteiger partial charge in [-0.05, 0) is 35.7 Å². The molecule has 0 saturated carbocycles. The van der Waals surface area contributed by atoms with E-state index in [9.17, 15) is 0 Å². The summed E-state index contributed by atoms with van der Waals surface area (Å²) in [7, 11) is 0. The second-order valence-corrected chi connectivity index (χ2v) is 7.08. The molecule has 1 saturated heterocycles. The van der Waals surface area contributed by atoms with Crippen molar-refractivity contribution in [2.24, 2.45) is 4.99 Å². The highest BCUT2D eigenvalue weighted by Gasteiger charge is 2.21. The molecule has 1 aromatic carbocycles. The molecule has 0 amide bonds. The Morgan fingerprint density at radius 3 is 2.85 bits per heavy atom. The minimum absolute atomic E-state index is 0.725. The Morgan fingerprint density at radius 1 is 1.07 bits per heavy atom. The van der Waals surface area contributed by atoms with Gasteiger partial charge in [0, 0.05) is 31.3 Å². The Bertz CT molecular complexity index is 915. The first kappa shape index (κ1) is 16.6. The van der Waals surface area contributed by atoms with Crippen LogP contribution in [0, 0.1) is 0 Å². The van der Waals surface area contributed by atoms with Gasteiger partial charge >= 0.3 is 0 Å². The third kappa shape index (κ3) is 3.26. The molecule has 2 aromatic rings. The maximum atomic E-state index is 5.45. The van der Waals surface area contributed by atoms with Crippen LogP contribution in [0.2, 0.25) is 0 Å². The van der Waals surface area contributed by atoms with E-state index in [4.69, 9.17) is 9.73 Å². The predicted molar refractivity (Wildman–Crippen MR) is 106 cm³/mol. The second kappa shape index (κ2) is 7.21. The van der Waals surface area contributed by atoms with Crippen LogP contribution in [0.25, 0.3) is 5.57 Å². The zero-order valence-electron chi connectivity index (χ0n) is 15.3. The van der Waals surface area contributed by atoms with Crippen molar-refractivity contribution in [2.75, 3.05) is 44.3 Å². The molecule has 0 aliphatic carbocycles. The summed E-state index contributed by atoms with van der Waals surface area (Å²) in [5, 5.41) is 3.38. The van der Waals surface area contributed by atoms with Crippen LogP contribution in [-0.4, -0.2) is 55.1 Å². The number of nitrogens with zero attached hydrogens (tertiary/aromatic N) is 4. The molecular formula is C21H23N5O. The first-order valence-corrected chi connectivity index (χ1v) is 9.61. The highest BCUT2D eigenvalue weighted by molar-refractivity contribution is 6.14. The summed E-state index contributed by atoms with van der Waals surface area (Å²) in [4.78, 5) is 16.1. The van der Waals surface area contributed by atoms with Gasteiger partial charge in [0.25, 0.3) is 0 Å². The van der Waals surface area contributed by atoms with E-state index in [0.29, 0.717) is 0 Å². The maximum Gasteiger partial charge on any atom is 0.132 e. The number of aliphatic imine (C=N–C) groups is 1. The van der Waals surface area contributed by atoms with Crippen molar-refractivity contribution in [2.45, 2.75) is 13.0 Å². The summed E-state index contributed by atoms with van der Waals surface area (Å²) >= 11 is 0. The molecule has 0 atom stereocenters. The molecule has 0 unspecified atom stereocenters. The molecule has 138 valence electrons. The number of benzene rings is 1. The number of hydrogen-bond acceptors (Lipinski definition) is 6. The maximum absolute atomic E-state index is 5.45. The van der Waals surface area contributed by atoms with Crippen LogP contribution in [0.5, 0.6) is 0 Å². The lowest BCUT2D eigenvalue weighted by Crippen LogP contribution is -2.36. The SMILES string of the molecule is C1=C(c2ccc3c(c2)C(c2cc(N4CCOCC4)ncn2)=NC3)CCNC1. The van der Waals surface area contributed by atoms with Gasteiger partial charge in [0.05, 0.1) is 31.2 Å². The van der Waals surface area contributed by atoms with Gasteiger partial charge in [0.15, 0.2) is 0 Å². The van der Waals surface area contributed by atoms with Crippen LogP contribution in [-0.2, 0) is 11.3 Å². The van der Waals surface area contributed by atoms with Crippen molar-refractivity contribution in [3.63, 3.8) is 0 Å². The minimum Gasteiger partial charge on any atom is -0.378 e. The van der Waals surface area contributed by atoms with E-state index in [1.54, 1.807) is 6.33 Å². The number of rotatable bonds is 3. The van der Waals surface area contributed by atoms with Crippen LogP contribution in [0.1, 0.15) is 28.8 Å². The standard InChI is InChI=1S/C21H23N5O/c1-2-17-13-23-21(18(17)11-16(1)15-3-5-22-6-4-15)19-12-20(25-14-24-19)26-7-9-27-10-8-26/h1-3,11-12,14,22H,4-10,13H2. The normalized spacial score (nSPS) is 19.5. The van der Waals surface area contributed by atoms with Crippen LogP contribution in [0.3, 0.4) is 0 Å². The first-order chi connectivity index (χ1) is 13.4. The van der Waals surface area contributed by atoms with Gasteiger partial charge in [-0.1, -0.05) is 18.2 Å². The molecule has 0 spiro atoms. The topological polar surface area (TPSA) is 62.6 Å². The monoisotopic (exact) mass is 361 g/mol. The number of nitrogens with one attached hydrogen (secondary N) is 1. The van der Waals surface area contributed by atoms with Gasteiger partial charge in [-0.15, -0.1) is 0 Å². The molecule has 3 aliphatic heterocycles. The lowest BCUT2D eigenvalue weighted by atomic mass is 9.94. The summed E-state index contributed by atoms with van der Waals surface area (Å²) in [6.45, 7) is 5.94. The predicted octanol–water partition coefficient (Wildman–Crippen LogP) is 2.04. The average Bonchev–Trinajstić information content (AvgIpc) is 3.18.